The molecule has 28 heavy (non-hydrogen) atoms. The number of carbonyl (C=O) groups is 1. The molecule has 0 unspecified atom stereocenters. The van der Waals surface area contributed by atoms with Crippen LogP contribution in [0, 0.1) is 0 Å². The number of aliphatic imine (C=N–C) groups is 1. The van der Waals surface area contributed by atoms with Crippen molar-refractivity contribution >= 4 is 17.9 Å². The summed E-state index contributed by atoms with van der Waals surface area (Å²) < 4.78 is 26.9. The molecule has 0 fully saturated rings. The summed E-state index contributed by atoms with van der Waals surface area (Å²) in [6.07, 6.45) is 1.60. The van der Waals surface area contributed by atoms with Crippen LogP contribution in [0.5, 0.6) is 23.0 Å². The third-order valence-electron chi connectivity index (χ3n) is 4.03. The Morgan fingerprint density at radius 2 is 1.68 bits per heavy atom. The van der Waals surface area contributed by atoms with Gasteiger partial charge in [0, 0.05) is 0 Å². The number of carbonyl (C=O) groups excluding carboxylic acids is 1. The smallest absolute Gasteiger partial charge is 0.363 e. The molecule has 0 aliphatic carbocycles. The van der Waals surface area contributed by atoms with Crippen molar-refractivity contribution in [3.8, 4) is 23.0 Å². The van der Waals surface area contributed by atoms with Crippen LogP contribution in [0.1, 0.15) is 18.1 Å². The van der Waals surface area contributed by atoms with Gasteiger partial charge in [-0.05, 0) is 42.8 Å². The zero-order valence-electron chi connectivity index (χ0n) is 16.1. The largest absolute Gasteiger partial charge is 0.493 e. The summed E-state index contributed by atoms with van der Waals surface area (Å²) in [5, 5.41) is 0. The van der Waals surface area contributed by atoms with Crippen molar-refractivity contribution < 1.29 is 28.5 Å². The molecule has 3 rings (SSSR count). The van der Waals surface area contributed by atoms with Gasteiger partial charge in [-0.25, -0.2) is 9.79 Å². The number of hydrogen-bond acceptors (Lipinski definition) is 7. The van der Waals surface area contributed by atoms with Crippen LogP contribution in [0.4, 0.5) is 0 Å². The number of esters is 1. The fourth-order valence-corrected chi connectivity index (χ4v) is 2.79. The van der Waals surface area contributed by atoms with Crippen molar-refractivity contribution in [2.75, 3.05) is 27.9 Å². The first-order valence-corrected chi connectivity index (χ1v) is 8.66. The lowest BCUT2D eigenvalue weighted by atomic mass is 10.1. The highest BCUT2D eigenvalue weighted by Gasteiger charge is 2.26. The van der Waals surface area contributed by atoms with Crippen molar-refractivity contribution in [3.63, 3.8) is 0 Å². The van der Waals surface area contributed by atoms with Crippen molar-refractivity contribution in [1.82, 2.24) is 0 Å². The molecular weight excluding hydrogens is 362 g/mol. The summed E-state index contributed by atoms with van der Waals surface area (Å²) in [6.45, 7) is 2.38. The minimum atomic E-state index is -0.546. The molecule has 7 heteroatoms. The molecule has 0 bridgehead atoms. The topological polar surface area (TPSA) is 75.6 Å². The van der Waals surface area contributed by atoms with E-state index in [4.69, 9.17) is 23.7 Å². The Labute approximate surface area is 163 Å². The predicted molar refractivity (Wildman–Crippen MR) is 104 cm³/mol. The highest BCUT2D eigenvalue weighted by Crippen LogP contribution is 2.39. The molecule has 0 spiro atoms. The van der Waals surface area contributed by atoms with Gasteiger partial charge < -0.3 is 23.7 Å². The fraction of sp³-hybridized carbons (Fsp3) is 0.238. The van der Waals surface area contributed by atoms with Crippen LogP contribution in [0.3, 0.4) is 0 Å². The molecule has 1 aliphatic rings. The van der Waals surface area contributed by atoms with E-state index in [1.54, 1.807) is 30.3 Å². The molecule has 0 radical (unpaired) electrons. The maximum Gasteiger partial charge on any atom is 0.363 e. The van der Waals surface area contributed by atoms with E-state index in [1.807, 2.05) is 19.1 Å². The van der Waals surface area contributed by atoms with E-state index in [-0.39, 0.29) is 11.6 Å². The molecule has 0 amide bonds. The highest BCUT2D eigenvalue weighted by atomic mass is 16.6. The highest BCUT2D eigenvalue weighted by molar-refractivity contribution is 6.13. The molecule has 7 nitrogen and oxygen atoms in total. The number of hydrogen-bond donors (Lipinski definition) is 0. The van der Waals surface area contributed by atoms with Crippen molar-refractivity contribution in [2.24, 2.45) is 4.99 Å². The van der Waals surface area contributed by atoms with Gasteiger partial charge in [-0.1, -0.05) is 12.1 Å². The second-order valence-corrected chi connectivity index (χ2v) is 5.72. The average molecular weight is 383 g/mol. The lowest BCUT2D eigenvalue weighted by Crippen LogP contribution is -2.07. The first-order valence-electron chi connectivity index (χ1n) is 8.66. The first kappa shape index (κ1) is 19.3. The van der Waals surface area contributed by atoms with Gasteiger partial charge in [-0.15, -0.1) is 0 Å². The van der Waals surface area contributed by atoms with Crippen LogP contribution in [-0.2, 0) is 9.53 Å². The zero-order valence-corrected chi connectivity index (χ0v) is 16.1. The second kappa shape index (κ2) is 8.47. The average Bonchev–Trinajstić information content (AvgIpc) is 3.07. The van der Waals surface area contributed by atoms with Gasteiger partial charge in [0.2, 0.25) is 11.6 Å². The van der Waals surface area contributed by atoms with Gasteiger partial charge in [-0.3, -0.25) is 0 Å². The van der Waals surface area contributed by atoms with Crippen LogP contribution in [0.25, 0.3) is 6.08 Å². The number of rotatable bonds is 7. The molecule has 2 aromatic rings. The Balaban J connectivity index is 2.01. The minimum absolute atomic E-state index is 0.163. The third-order valence-corrected chi connectivity index (χ3v) is 4.03. The summed E-state index contributed by atoms with van der Waals surface area (Å²) >= 11 is 0. The van der Waals surface area contributed by atoms with Gasteiger partial charge in [0.15, 0.2) is 17.2 Å². The summed E-state index contributed by atoms with van der Waals surface area (Å²) in [7, 11) is 4.58. The van der Waals surface area contributed by atoms with E-state index >= 15 is 0 Å². The Kier molecular flexibility index (Phi) is 5.84. The van der Waals surface area contributed by atoms with Crippen LogP contribution < -0.4 is 18.9 Å². The molecule has 1 aliphatic heterocycles. The Bertz CT molecular complexity index is 923. The molecule has 146 valence electrons. The maximum absolute atomic E-state index is 12.3. The molecule has 0 saturated carbocycles. The predicted octanol–water partition coefficient (Wildman–Crippen LogP) is 3.46. The normalized spacial score (nSPS) is 14.5. The second-order valence-electron chi connectivity index (χ2n) is 5.72. The van der Waals surface area contributed by atoms with E-state index in [0.29, 0.717) is 40.7 Å². The van der Waals surface area contributed by atoms with Gasteiger partial charge in [0.1, 0.15) is 5.75 Å². The van der Waals surface area contributed by atoms with Gasteiger partial charge in [-0.2, -0.15) is 0 Å². The summed E-state index contributed by atoms with van der Waals surface area (Å²) in [5.41, 5.74) is 1.44. The molecule has 0 aromatic heterocycles. The Hall–Kier alpha value is -3.48. The molecule has 2 aromatic carbocycles. The lowest BCUT2D eigenvalue weighted by Gasteiger charge is -2.12. The molecular formula is C21H21NO6. The zero-order chi connectivity index (χ0) is 20.1. The number of ether oxygens (including phenoxy) is 5. The summed E-state index contributed by atoms with van der Waals surface area (Å²) in [4.78, 5) is 16.7. The van der Waals surface area contributed by atoms with Crippen molar-refractivity contribution in [3.05, 3.63) is 53.2 Å². The number of para-hydroxylation sites is 1. The Morgan fingerprint density at radius 3 is 2.29 bits per heavy atom. The molecule has 0 N–H and O–H groups in total. The number of nitrogens with zero attached hydrogens (tertiary/aromatic N) is 1. The summed E-state index contributed by atoms with van der Waals surface area (Å²) in [5.74, 6) is 1.68. The number of methoxy groups -OCH3 is 3. The molecule has 0 atom stereocenters. The first-order chi connectivity index (χ1) is 13.6. The number of cyclic esters (lactones) is 1. The minimum Gasteiger partial charge on any atom is -0.493 e. The van der Waals surface area contributed by atoms with E-state index in [9.17, 15) is 4.79 Å². The van der Waals surface area contributed by atoms with Gasteiger partial charge in [0.25, 0.3) is 0 Å². The van der Waals surface area contributed by atoms with Crippen LogP contribution in [0.2, 0.25) is 0 Å². The molecule has 1 heterocycles. The summed E-state index contributed by atoms with van der Waals surface area (Å²) in [6, 6.07) is 10.7. The standard InChI is InChI=1S/C21H21NO6/c1-5-27-16-9-7-6-8-14(16)20-22-15(21(23)28-20)10-13-11-17(24-2)19(26-4)18(12-13)25-3/h6-12H,5H2,1-4H3/b15-10-. The lowest BCUT2D eigenvalue weighted by molar-refractivity contribution is -0.129. The molecule has 0 saturated heterocycles. The third kappa shape index (κ3) is 3.78. The number of benzene rings is 2. The van der Waals surface area contributed by atoms with Gasteiger partial charge in [0.05, 0.1) is 33.5 Å². The van der Waals surface area contributed by atoms with Crippen LogP contribution in [-0.4, -0.2) is 39.8 Å². The quantitative estimate of drug-likeness (QED) is 0.538. The monoisotopic (exact) mass is 383 g/mol. The van der Waals surface area contributed by atoms with Gasteiger partial charge >= 0.3 is 5.97 Å². The van der Waals surface area contributed by atoms with Crippen LogP contribution >= 0.6 is 0 Å². The fourth-order valence-electron chi connectivity index (χ4n) is 2.79. The van der Waals surface area contributed by atoms with E-state index in [1.165, 1.54) is 21.3 Å². The Morgan fingerprint density at radius 1 is 1.00 bits per heavy atom. The van der Waals surface area contributed by atoms with E-state index in [2.05, 4.69) is 4.99 Å². The van der Waals surface area contributed by atoms with E-state index < -0.39 is 5.97 Å². The maximum atomic E-state index is 12.3. The van der Waals surface area contributed by atoms with E-state index in [0.717, 1.165) is 0 Å². The van der Waals surface area contributed by atoms with Crippen molar-refractivity contribution in [1.29, 1.82) is 0 Å². The van der Waals surface area contributed by atoms with Crippen LogP contribution in [0.15, 0.2) is 47.1 Å². The SMILES string of the molecule is CCOc1ccccc1C1=N/C(=C\c2cc(OC)c(OC)c(OC)c2)C(=O)O1. The van der Waals surface area contributed by atoms with Crippen molar-refractivity contribution in [2.45, 2.75) is 6.92 Å².